The van der Waals surface area contributed by atoms with Crippen LogP contribution in [-0.4, -0.2) is 30.0 Å². The quantitative estimate of drug-likeness (QED) is 0.173. The molecule has 0 saturated carbocycles. The summed E-state index contributed by atoms with van der Waals surface area (Å²) >= 11 is 5.36. The number of hydrogen-bond donors (Lipinski definition) is 2. The molecule has 0 saturated heterocycles. The van der Waals surface area contributed by atoms with Crippen LogP contribution in [0.4, 0.5) is 0 Å². The minimum atomic E-state index is -0.851. The van der Waals surface area contributed by atoms with Crippen molar-refractivity contribution in [3.8, 4) is 0 Å². The van der Waals surface area contributed by atoms with Crippen LogP contribution in [0.5, 0.6) is 0 Å². The molecule has 0 heterocycles. The van der Waals surface area contributed by atoms with E-state index in [4.69, 9.17) is 17.0 Å². The van der Waals surface area contributed by atoms with Gasteiger partial charge < -0.3 is 15.2 Å². The predicted octanol–water partition coefficient (Wildman–Crippen LogP) is 5.60. The topological polar surface area (TPSA) is 41.5 Å². The van der Waals surface area contributed by atoms with Gasteiger partial charge in [0.15, 0.2) is 6.29 Å². The van der Waals surface area contributed by atoms with Gasteiger partial charge in [-0.25, -0.2) is 0 Å². The Bertz CT molecular complexity index is 570. The molecule has 2 unspecified atom stereocenters. The lowest BCUT2D eigenvalue weighted by Crippen LogP contribution is -2.33. The van der Waals surface area contributed by atoms with Gasteiger partial charge in [-0.05, 0) is 48.3 Å². The van der Waals surface area contributed by atoms with Gasteiger partial charge in [-0.3, -0.25) is 0 Å². The molecule has 2 atom stereocenters. The number of hydrogen-bond acceptors (Lipinski definition) is 3. The Balaban J connectivity index is 2.30. The van der Waals surface area contributed by atoms with Gasteiger partial charge in [0.1, 0.15) is 4.99 Å². The maximum atomic E-state index is 9.43. The Morgan fingerprint density at radius 2 is 1.64 bits per heavy atom. The van der Waals surface area contributed by atoms with Crippen LogP contribution < -0.4 is 5.32 Å². The second kappa shape index (κ2) is 14.7. The lowest BCUT2D eigenvalue weighted by Gasteiger charge is -2.18. The number of thiocarbonyl (C=S) groups is 1. The Morgan fingerprint density at radius 3 is 2.25 bits per heavy atom. The molecule has 0 amide bonds. The van der Waals surface area contributed by atoms with Crippen molar-refractivity contribution in [2.24, 2.45) is 5.92 Å². The summed E-state index contributed by atoms with van der Waals surface area (Å²) in [7, 11) is 1.46. The molecule has 0 aliphatic carbocycles. The van der Waals surface area contributed by atoms with Crippen LogP contribution in [0.3, 0.4) is 0 Å². The molecule has 0 fully saturated rings. The molecule has 0 aliphatic rings. The van der Waals surface area contributed by atoms with Crippen molar-refractivity contribution in [2.45, 2.75) is 77.9 Å². The molecule has 0 spiro atoms. The molecular weight excluding hydrogens is 366 g/mol. The third kappa shape index (κ3) is 10.4. The number of benzene rings is 1. The summed E-state index contributed by atoms with van der Waals surface area (Å²) in [5.41, 5.74) is 3.72. The van der Waals surface area contributed by atoms with Crippen molar-refractivity contribution in [1.82, 2.24) is 5.32 Å². The second-order valence-corrected chi connectivity index (χ2v) is 8.11. The number of methoxy groups -OCH3 is 1. The zero-order valence-corrected chi connectivity index (χ0v) is 18.8. The van der Waals surface area contributed by atoms with Gasteiger partial charge in [0.2, 0.25) is 0 Å². The fraction of sp³-hybridized carbons (Fsp3) is 0.625. The lowest BCUT2D eigenvalue weighted by molar-refractivity contribution is -0.0681. The number of aryl methyl sites for hydroxylation is 2. The van der Waals surface area contributed by atoms with E-state index in [0.717, 1.165) is 18.4 Å². The molecule has 4 heteroatoms. The van der Waals surface area contributed by atoms with E-state index in [2.05, 4.69) is 50.0 Å². The van der Waals surface area contributed by atoms with Gasteiger partial charge in [0.25, 0.3) is 0 Å². The predicted molar refractivity (Wildman–Crippen MR) is 124 cm³/mol. The Kier molecular flexibility index (Phi) is 13.0. The van der Waals surface area contributed by atoms with Crippen molar-refractivity contribution >= 4 is 17.2 Å². The first kappa shape index (κ1) is 24.8. The number of aliphatic hydroxyl groups is 1. The minimum absolute atomic E-state index is 0.279. The van der Waals surface area contributed by atoms with Crippen molar-refractivity contribution in [1.29, 1.82) is 0 Å². The van der Waals surface area contributed by atoms with Crippen molar-refractivity contribution in [3.63, 3.8) is 0 Å². The molecule has 1 aromatic rings. The summed E-state index contributed by atoms with van der Waals surface area (Å²) in [4.78, 5) is 0.609. The molecular formula is C24H39NO2S. The number of ether oxygens (including phenoxy) is 1. The fourth-order valence-electron chi connectivity index (χ4n) is 3.14. The van der Waals surface area contributed by atoms with Crippen molar-refractivity contribution in [3.05, 3.63) is 47.5 Å². The van der Waals surface area contributed by atoms with E-state index < -0.39 is 6.29 Å². The molecule has 28 heavy (non-hydrogen) atoms. The first-order valence-corrected chi connectivity index (χ1v) is 11.1. The summed E-state index contributed by atoms with van der Waals surface area (Å²) in [6.07, 6.45) is 10.4. The monoisotopic (exact) mass is 405 g/mol. The SMILES string of the molecule is C=C(C(=S)NCC(O)OC)C(C)CCc1ccc(CCCCCCCC)cc1. The second-order valence-electron chi connectivity index (χ2n) is 7.70. The van der Waals surface area contributed by atoms with Gasteiger partial charge in [0.05, 0.1) is 6.54 Å². The average molecular weight is 406 g/mol. The van der Waals surface area contributed by atoms with Crippen LogP contribution in [0.2, 0.25) is 0 Å². The van der Waals surface area contributed by atoms with Crippen LogP contribution in [0.1, 0.15) is 69.9 Å². The van der Waals surface area contributed by atoms with Crippen molar-refractivity contribution in [2.75, 3.05) is 13.7 Å². The number of nitrogens with one attached hydrogen (secondary N) is 1. The molecule has 2 N–H and O–H groups in total. The lowest BCUT2D eigenvalue weighted by atomic mass is 9.94. The standard InChI is InChI=1S/C24H39NO2S/c1-5-6-7-8-9-10-11-21-14-16-22(17-15-21)13-12-19(2)20(3)24(28)25-18-23(26)27-4/h14-17,19,23,26H,3,5-13,18H2,1-2,4H3,(H,25,28). The fourth-order valence-corrected chi connectivity index (χ4v) is 3.42. The van der Waals surface area contributed by atoms with Gasteiger partial charge in [-0.1, -0.05) is 89.0 Å². The molecule has 0 radical (unpaired) electrons. The third-order valence-electron chi connectivity index (χ3n) is 5.30. The van der Waals surface area contributed by atoms with Crippen LogP contribution >= 0.6 is 12.2 Å². The molecule has 0 bridgehead atoms. The Hall–Kier alpha value is -1.23. The van der Waals surface area contributed by atoms with Gasteiger partial charge in [0, 0.05) is 7.11 Å². The number of rotatable bonds is 15. The largest absolute Gasteiger partial charge is 0.371 e. The van der Waals surface area contributed by atoms with Crippen LogP contribution in [-0.2, 0) is 17.6 Å². The smallest absolute Gasteiger partial charge is 0.171 e. The highest BCUT2D eigenvalue weighted by atomic mass is 32.1. The first-order valence-electron chi connectivity index (χ1n) is 10.7. The molecule has 1 rings (SSSR count). The third-order valence-corrected chi connectivity index (χ3v) is 5.71. The van der Waals surface area contributed by atoms with E-state index in [1.807, 2.05) is 0 Å². The van der Waals surface area contributed by atoms with E-state index in [0.29, 0.717) is 10.9 Å². The van der Waals surface area contributed by atoms with E-state index in [1.54, 1.807) is 0 Å². The summed E-state index contributed by atoms with van der Waals surface area (Å²) in [6, 6.07) is 9.07. The van der Waals surface area contributed by atoms with E-state index in [1.165, 1.54) is 63.2 Å². The van der Waals surface area contributed by atoms with Gasteiger partial charge >= 0.3 is 0 Å². The minimum Gasteiger partial charge on any atom is -0.371 e. The van der Waals surface area contributed by atoms with Gasteiger partial charge in [-0.2, -0.15) is 0 Å². The number of aliphatic hydroxyl groups excluding tert-OH is 1. The molecule has 1 aromatic carbocycles. The maximum absolute atomic E-state index is 9.43. The highest BCUT2D eigenvalue weighted by Gasteiger charge is 2.12. The van der Waals surface area contributed by atoms with Crippen LogP contribution in [0.25, 0.3) is 0 Å². The van der Waals surface area contributed by atoms with Crippen molar-refractivity contribution < 1.29 is 9.84 Å². The summed E-state index contributed by atoms with van der Waals surface area (Å²) in [6.45, 7) is 8.81. The van der Waals surface area contributed by atoms with E-state index >= 15 is 0 Å². The van der Waals surface area contributed by atoms with Gasteiger partial charge in [-0.15, -0.1) is 0 Å². The van der Waals surface area contributed by atoms with E-state index in [-0.39, 0.29) is 6.54 Å². The summed E-state index contributed by atoms with van der Waals surface area (Å²) < 4.78 is 4.81. The highest BCUT2D eigenvalue weighted by Crippen LogP contribution is 2.18. The summed E-state index contributed by atoms with van der Waals surface area (Å²) in [5.74, 6) is 0.294. The number of unbranched alkanes of at least 4 members (excludes halogenated alkanes) is 5. The molecule has 0 aromatic heterocycles. The Labute approximate surface area is 177 Å². The first-order chi connectivity index (χ1) is 13.5. The van der Waals surface area contributed by atoms with Crippen LogP contribution in [0, 0.1) is 5.92 Å². The average Bonchev–Trinajstić information content (AvgIpc) is 2.72. The van der Waals surface area contributed by atoms with E-state index in [9.17, 15) is 5.11 Å². The van der Waals surface area contributed by atoms with Crippen LogP contribution in [0.15, 0.2) is 36.4 Å². The summed E-state index contributed by atoms with van der Waals surface area (Å²) in [5, 5.41) is 12.4. The Morgan fingerprint density at radius 1 is 1.07 bits per heavy atom. The molecule has 0 aliphatic heterocycles. The molecule has 3 nitrogen and oxygen atoms in total. The normalized spacial score (nSPS) is 13.1. The molecule has 158 valence electrons. The highest BCUT2D eigenvalue weighted by molar-refractivity contribution is 7.80. The maximum Gasteiger partial charge on any atom is 0.171 e. The zero-order chi connectivity index (χ0) is 20.8. The zero-order valence-electron chi connectivity index (χ0n) is 18.0.